The van der Waals surface area contributed by atoms with Crippen LogP contribution in [0.1, 0.15) is 0 Å². The van der Waals surface area contributed by atoms with E-state index >= 15 is 0 Å². The maximum Gasteiger partial charge on any atom is 0.258 e. The molecule has 122 valence electrons. The van der Waals surface area contributed by atoms with Crippen molar-refractivity contribution in [2.75, 3.05) is 13.2 Å². The molecule has 1 heterocycles. The molecule has 1 aromatic carbocycles. The Balaban J connectivity index is 1.72. The van der Waals surface area contributed by atoms with Crippen LogP contribution in [0.2, 0.25) is 5.02 Å². The van der Waals surface area contributed by atoms with Gasteiger partial charge in [-0.3, -0.25) is 9.59 Å². The van der Waals surface area contributed by atoms with Gasteiger partial charge < -0.3 is 19.7 Å². The van der Waals surface area contributed by atoms with Gasteiger partial charge in [-0.05, 0) is 30.3 Å². The van der Waals surface area contributed by atoms with E-state index in [9.17, 15) is 14.7 Å². The molecule has 1 unspecified atom stereocenters. The summed E-state index contributed by atoms with van der Waals surface area (Å²) >= 11 is 5.75. The van der Waals surface area contributed by atoms with Crippen molar-refractivity contribution in [3.05, 3.63) is 64.0 Å². The van der Waals surface area contributed by atoms with Gasteiger partial charge in [-0.25, -0.2) is 0 Å². The second kappa shape index (κ2) is 8.36. The number of benzene rings is 1. The van der Waals surface area contributed by atoms with Gasteiger partial charge in [0.2, 0.25) is 0 Å². The van der Waals surface area contributed by atoms with E-state index in [0.717, 1.165) is 0 Å². The summed E-state index contributed by atoms with van der Waals surface area (Å²) in [5.41, 5.74) is -0.205. The largest absolute Gasteiger partial charge is 0.484 e. The molecule has 2 aromatic rings. The molecule has 0 saturated carbocycles. The number of rotatable bonds is 7. The fourth-order valence-corrected chi connectivity index (χ4v) is 1.99. The second-order valence-corrected chi connectivity index (χ2v) is 5.33. The van der Waals surface area contributed by atoms with E-state index in [1.165, 1.54) is 10.6 Å². The van der Waals surface area contributed by atoms with E-state index in [1.54, 1.807) is 42.6 Å². The molecule has 7 heteroatoms. The first-order valence-corrected chi connectivity index (χ1v) is 7.41. The Morgan fingerprint density at radius 3 is 2.70 bits per heavy atom. The van der Waals surface area contributed by atoms with Crippen LogP contribution in [-0.2, 0) is 11.3 Å². The van der Waals surface area contributed by atoms with E-state index in [-0.39, 0.29) is 31.2 Å². The van der Waals surface area contributed by atoms with E-state index in [4.69, 9.17) is 16.3 Å². The molecule has 0 spiro atoms. The van der Waals surface area contributed by atoms with Gasteiger partial charge in [-0.2, -0.15) is 0 Å². The van der Waals surface area contributed by atoms with Crippen LogP contribution in [0, 0.1) is 0 Å². The number of nitrogens with one attached hydrogen (secondary N) is 1. The number of carbonyl (C=O) groups excluding carboxylic acids is 1. The van der Waals surface area contributed by atoms with Gasteiger partial charge in [-0.1, -0.05) is 17.7 Å². The Kier molecular flexibility index (Phi) is 6.19. The quantitative estimate of drug-likeness (QED) is 0.792. The zero-order valence-electron chi connectivity index (χ0n) is 12.3. The summed E-state index contributed by atoms with van der Waals surface area (Å²) in [5.74, 6) is 0.167. The van der Waals surface area contributed by atoms with Crippen LogP contribution in [0.4, 0.5) is 0 Å². The van der Waals surface area contributed by atoms with Gasteiger partial charge in [0.1, 0.15) is 5.75 Å². The number of aromatic nitrogens is 1. The Bertz CT molecular complexity index is 700. The molecule has 6 nitrogen and oxygen atoms in total. The average Bonchev–Trinajstić information content (AvgIpc) is 2.54. The normalized spacial score (nSPS) is 11.7. The highest BCUT2D eigenvalue weighted by atomic mass is 35.5. The number of ether oxygens (including phenoxy) is 1. The number of aliphatic hydroxyl groups is 1. The maximum atomic E-state index is 11.7. The van der Waals surface area contributed by atoms with Gasteiger partial charge in [0.05, 0.1) is 12.6 Å². The van der Waals surface area contributed by atoms with Crippen molar-refractivity contribution in [3.63, 3.8) is 0 Å². The van der Waals surface area contributed by atoms with Crippen LogP contribution in [-0.4, -0.2) is 34.8 Å². The fourth-order valence-electron chi connectivity index (χ4n) is 1.87. The molecule has 1 aromatic heterocycles. The molecule has 0 radical (unpaired) electrons. The molecular formula is C16H17ClN2O4. The van der Waals surface area contributed by atoms with Crippen LogP contribution < -0.4 is 15.6 Å². The molecule has 23 heavy (non-hydrogen) atoms. The van der Waals surface area contributed by atoms with Crippen LogP contribution in [0.3, 0.4) is 0 Å². The molecule has 0 fully saturated rings. The molecule has 0 saturated heterocycles. The third-order valence-electron chi connectivity index (χ3n) is 3.02. The second-order valence-electron chi connectivity index (χ2n) is 4.89. The first-order valence-electron chi connectivity index (χ1n) is 7.03. The minimum absolute atomic E-state index is 0.0319. The minimum Gasteiger partial charge on any atom is -0.484 e. The predicted molar refractivity (Wildman–Crippen MR) is 86.7 cm³/mol. The summed E-state index contributed by atoms with van der Waals surface area (Å²) in [7, 11) is 0. The predicted octanol–water partition coefficient (Wildman–Crippen LogP) is 1.06. The standard InChI is InChI=1S/C16H17ClN2O4/c17-12-4-6-14(7-5-12)23-11-15(21)18-9-13(20)10-19-8-2-1-3-16(19)22/h1-8,13,20H,9-11H2,(H,18,21). The van der Waals surface area contributed by atoms with Crippen molar-refractivity contribution in [3.8, 4) is 5.75 Å². The lowest BCUT2D eigenvalue weighted by Crippen LogP contribution is -2.38. The van der Waals surface area contributed by atoms with Crippen molar-refractivity contribution in [2.24, 2.45) is 0 Å². The lowest BCUT2D eigenvalue weighted by molar-refractivity contribution is -0.123. The van der Waals surface area contributed by atoms with Gasteiger partial charge in [0.25, 0.3) is 11.5 Å². The van der Waals surface area contributed by atoms with Gasteiger partial charge in [0.15, 0.2) is 6.61 Å². The van der Waals surface area contributed by atoms with Gasteiger partial charge >= 0.3 is 0 Å². The lowest BCUT2D eigenvalue weighted by atomic mass is 10.3. The number of amides is 1. The molecular weight excluding hydrogens is 320 g/mol. The monoisotopic (exact) mass is 336 g/mol. The highest BCUT2D eigenvalue weighted by Gasteiger charge is 2.09. The number of halogens is 1. The van der Waals surface area contributed by atoms with Crippen molar-refractivity contribution in [1.29, 1.82) is 0 Å². The molecule has 0 bridgehead atoms. The molecule has 2 N–H and O–H groups in total. The highest BCUT2D eigenvalue weighted by molar-refractivity contribution is 6.30. The molecule has 1 atom stereocenters. The zero-order valence-corrected chi connectivity index (χ0v) is 13.1. The number of nitrogens with zero attached hydrogens (tertiary/aromatic N) is 1. The molecule has 1 amide bonds. The fraction of sp³-hybridized carbons (Fsp3) is 0.250. The van der Waals surface area contributed by atoms with Crippen LogP contribution in [0.15, 0.2) is 53.5 Å². The zero-order chi connectivity index (χ0) is 16.7. The summed E-state index contributed by atoms with van der Waals surface area (Å²) in [6, 6.07) is 11.4. The first kappa shape index (κ1) is 17.1. The van der Waals surface area contributed by atoms with Crippen LogP contribution >= 0.6 is 11.6 Å². The SMILES string of the molecule is O=C(COc1ccc(Cl)cc1)NCC(O)Cn1ccccc1=O. The van der Waals surface area contributed by atoms with Crippen LogP contribution in [0.5, 0.6) is 5.75 Å². The Morgan fingerprint density at radius 2 is 2.00 bits per heavy atom. The number of hydrogen-bond donors (Lipinski definition) is 2. The van der Waals surface area contributed by atoms with Crippen molar-refractivity contribution >= 4 is 17.5 Å². The third kappa shape index (κ3) is 5.77. The van der Waals surface area contributed by atoms with E-state index in [0.29, 0.717) is 10.8 Å². The highest BCUT2D eigenvalue weighted by Crippen LogP contribution is 2.15. The van der Waals surface area contributed by atoms with Gasteiger partial charge in [-0.15, -0.1) is 0 Å². The summed E-state index contributed by atoms with van der Waals surface area (Å²) in [6.07, 6.45) is 0.714. The summed E-state index contributed by atoms with van der Waals surface area (Å²) < 4.78 is 6.66. The van der Waals surface area contributed by atoms with E-state index in [2.05, 4.69) is 5.32 Å². The molecule has 0 aliphatic rings. The minimum atomic E-state index is -0.866. The molecule has 2 rings (SSSR count). The summed E-state index contributed by atoms with van der Waals surface area (Å²) in [5, 5.41) is 13.0. The Labute approximate surface area is 138 Å². The average molecular weight is 337 g/mol. The molecule has 0 aliphatic carbocycles. The molecule has 0 aliphatic heterocycles. The number of aliphatic hydroxyl groups excluding tert-OH is 1. The van der Waals surface area contributed by atoms with Crippen molar-refractivity contribution in [2.45, 2.75) is 12.6 Å². The Hall–Kier alpha value is -2.31. The van der Waals surface area contributed by atoms with Gasteiger partial charge in [0, 0.05) is 23.8 Å². The van der Waals surface area contributed by atoms with E-state index < -0.39 is 6.10 Å². The lowest BCUT2D eigenvalue weighted by Gasteiger charge is -2.13. The van der Waals surface area contributed by atoms with Crippen molar-refractivity contribution < 1.29 is 14.6 Å². The third-order valence-corrected chi connectivity index (χ3v) is 3.28. The van der Waals surface area contributed by atoms with Crippen LogP contribution in [0.25, 0.3) is 0 Å². The van der Waals surface area contributed by atoms with E-state index in [1.807, 2.05) is 0 Å². The number of hydrogen-bond acceptors (Lipinski definition) is 4. The number of carbonyl (C=O) groups is 1. The summed E-state index contributed by atoms with van der Waals surface area (Å²) in [6.45, 7) is -0.0260. The number of pyridine rings is 1. The smallest absolute Gasteiger partial charge is 0.258 e. The first-order chi connectivity index (χ1) is 11.0. The maximum absolute atomic E-state index is 11.7. The van der Waals surface area contributed by atoms with Crippen molar-refractivity contribution in [1.82, 2.24) is 9.88 Å². The topological polar surface area (TPSA) is 80.6 Å². The summed E-state index contributed by atoms with van der Waals surface area (Å²) in [4.78, 5) is 23.2. The Morgan fingerprint density at radius 1 is 1.26 bits per heavy atom.